The molecule has 88 valence electrons. The summed E-state index contributed by atoms with van der Waals surface area (Å²) in [5.74, 6) is 0. The van der Waals surface area contributed by atoms with Gasteiger partial charge >= 0.3 is 0 Å². The number of hydrogen-bond acceptors (Lipinski definition) is 4. The molecule has 0 bridgehead atoms. The molecule has 0 spiro atoms. The van der Waals surface area contributed by atoms with Crippen molar-refractivity contribution in [1.29, 1.82) is 0 Å². The van der Waals surface area contributed by atoms with Gasteiger partial charge in [0.15, 0.2) is 0 Å². The second-order valence-electron chi connectivity index (χ2n) is 5.19. The van der Waals surface area contributed by atoms with Crippen LogP contribution in [-0.4, -0.2) is 68.2 Å². The molecule has 4 heteroatoms. The van der Waals surface area contributed by atoms with Gasteiger partial charge in [0.25, 0.3) is 0 Å². The third-order valence-corrected chi connectivity index (χ3v) is 3.73. The minimum atomic E-state index is 0.0706. The molecular formula is C11H24N4. The Labute approximate surface area is 92.8 Å². The van der Waals surface area contributed by atoms with Crippen LogP contribution in [0.3, 0.4) is 0 Å². The van der Waals surface area contributed by atoms with Gasteiger partial charge in [0.1, 0.15) is 0 Å². The van der Waals surface area contributed by atoms with Crippen molar-refractivity contribution in [3.05, 3.63) is 0 Å². The van der Waals surface area contributed by atoms with Gasteiger partial charge in [-0.1, -0.05) is 0 Å². The Morgan fingerprint density at radius 3 is 2.33 bits per heavy atom. The lowest BCUT2D eigenvalue weighted by Gasteiger charge is -2.41. The standard InChI is InChI=1S/C11H24N4/c1-14-6-8-15(9-7-14)10-11(12)2-4-13-5-3-11/h13H,2-10,12H2,1H3. The predicted molar refractivity (Wildman–Crippen MR) is 63.0 cm³/mol. The van der Waals surface area contributed by atoms with Crippen molar-refractivity contribution in [2.75, 3.05) is 52.9 Å². The predicted octanol–water partition coefficient (Wildman–Crippen LogP) is -0.685. The van der Waals surface area contributed by atoms with Gasteiger partial charge in [0, 0.05) is 38.3 Å². The molecule has 2 heterocycles. The SMILES string of the molecule is CN1CCN(CC2(N)CCNCC2)CC1. The van der Waals surface area contributed by atoms with Crippen LogP contribution < -0.4 is 11.1 Å². The molecule has 2 saturated heterocycles. The zero-order valence-electron chi connectivity index (χ0n) is 9.84. The first kappa shape index (κ1) is 11.3. The number of hydrogen-bond donors (Lipinski definition) is 2. The van der Waals surface area contributed by atoms with E-state index in [4.69, 9.17) is 5.73 Å². The van der Waals surface area contributed by atoms with Crippen LogP contribution in [0.1, 0.15) is 12.8 Å². The van der Waals surface area contributed by atoms with Gasteiger partial charge in [-0.05, 0) is 33.0 Å². The molecule has 0 amide bonds. The van der Waals surface area contributed by atoms with E-state index in [0.717, 1.165) is 32.5 Å². The van der Waals surface area contributed by atoms with Gasteiger partial charge in [-0.3, -0.25) is 4.90 Å². The van der Waals surface area contributed by atoms with Gasteiger partial charge in [-0.25, -0.2) is 0 Å². The summed E-state index contributed by atoms with van der Waals surface area (Å²) in [5, 5.41) is 3.38. The minimum absolute atomic E-state index is 0.0706. The van der Waals surface area contributed by atoms with Gasteiger partial charge in [0.05, 0.1) is 0 Å². The second-order valence-corrected chi connectivity index (χ2v) is 5.19. The van der Waals surface area contributed by atoms with E-state index >= 15 is 0 Å². The van der Waals surface area contributed by atoms with E-state index in [2.05, 4.69) is 22.2 Å². The van der Waals surface area contributed by atoms with Crippen molar-refractivity contribution in [2.45, 2.75) is 18.4 Å². The lowest BCUT2D eigenvalue weighted by molar-refractivity contribution is 0.115. The molecule has 0 radical (unpaired) electrons. The smallest absolute Gasteiger partial charge is 0.0307 e. The number of nitrogens with zero attached hydrogens (tertiary/aromatic N) is 2. The molecule has 0 saturated carbocycles. The topological polar surface area (TPSA) is 44.5 Å². The van der Waals surface area contributed by atoms with E-state index in [1.54, 1.807) is 0 Å². The van der Waals surface area contributed by atoms with Crippen LogP contribution in [0, 0.1) is 0 Å². The van der Waals surface area contributed by atoms with E-state index in [1.165, 1.54) is 26.2 Å². The monoisotopic (exact) mass is 212 g/mol. The molecule has 0 aliphatic carbocycles. The summed E-state index contributed by atoms with van der Waals surface area (Å²) >= 11 is 0. The lowest BCUT2D eigenvalue weighted by Crippen LogP contribution is -2.58. The average Bonchev–Trinajstić information content (AvgIpc) is 2.22. The average molecular weight is 212 g/mol. The van der Waals surface area contributed by atoms with E-state index < -0.39 is 0 Å². The molecule has 3 N–H and O–H groups in total. The molecule has 2 rings (SSSR count). The zero-order chi connectivity index (χ0) is 10.7. The fourth-order valence-electron chi connectivity index (χ4n) is 2.53. The number of piperazine rings is 1. The first-order valence-corrected chi connectivity index (χ1v) is 6.08. The number of nitrogens with one attached hydrogen (secondary N) is 1. The maximum atomic E-state index is 6.43. The quantitative estimate of drug-likeness (QED) is 0.636. The van der Waals surface area contributed by atoms with E-state index in [0.29, 0.717) is 0 Å². The summed E-state index contributed by atoms with van der Waals surface area (Å²) in [6.07, 6.45) is 2.25. The van der Waals surface area contributed by atoms with Crippen LogP contribution in [0.5, 0.6) is 0 Å². The Hall–Kier alpha value is -0.160. The normalized spacial score (nSPS) is 29.2. The summed E-state index contributed by atoms with van der Waals surface area (Å²) in [6.45, 7) is 8.01. The molecular weight excluding hydrogens is 188 g/mol. The van der Waals surface area contributed by atoms with Gasteiger partial charge in [0.2, 0.25) is 0 Å². The molecule has 0 aromatic rings. The summed E-state index contributed by atoms with van der Waals surface area (Å²) in [5.41, 5.74) is 6.50. The van der Waals surface area contributed by atoms with Gasteiger partial charge in [-0.2, -0.15) is 0 Å². The third kappa shape index (κ3) is 3.14. The molecule has 0 atom stereocenters. The minimum Gasteiger partial charge on any atom is -0.324 e. The summed E-state index contributed by atoms with van der Waals surface area (Å²) in [7, 11) is 2.19. The van der Waals surface area contributed by atoms with Gasteiger partial charge in [-0.15, -0.1) is 0 Å². The Morgan fingerprint density at radius 1 is 1.13 bits per heavy atom. The van der Waals surface area contributed by atoms with Crippen LogP contribution in [0.25, 0.3) is 0 Å². The molecule has 15 heavy (non-hydrogen) atoms. The molecule has 0 aromatic carbocycles. The van der Waals surface area contributed by atoms with Crippen molar-refractivity contribution in [2.24, 2.45) is 5.73 Å². The summed E-state index contributed by atoms with van der Waals surface area (Å²) in [4.78, 5) is 4.92. The summed E-state index contributed by atoms with van der Waals surface area (Å²) < 4.78 is 0. The van der Waals surface area contributed by atoms with Crippen molar-refractivity contribution >= 4 is 0 Å². The fraction of sp³-hybridized carbons (Fsp3) is 1.00. The van der Waals surface area contributed by atoms with Crippen molar-refractivity contribution in [1.82, 2.24) is 15.1 Å². The van der Waals surface area contributed by atoms with Crippen molar-refractivity contribution in [3.63, 3.8) is 0 Å². The van der Waals surface area contributed by atoms with E-state index in [-0.39, 0.29) is 5.54 Å². The van der Waals surface area contributed by atoms with Crippen molar-refractivity contribution < 1.29 is 0 Å². The first-order chi connectivity index (χ1) is 7.18. The maximum Gasteiger partial charge on any atom is 0.0307 e. The largest absolute Gasteiger partial charge is 0.324 e. The highest BCUT2D eigenvalue weighted by Crippen LogP contribution is 2.17. The highest BCUT2D eigenvalue weighted by atomic mass is 15.3. The molecule has 2 aliphatic heterocycles. The highest BCUT2D eigenvalue weighted by molar-refractivity contribution is 4.92. The molecule has 4 nitrogen and oxygen atoms in total. The second kappa shape index (κ2) is 4.78. The Bertz CT molecular complexity index is 193. The van der Waals surface area contributed by atoms with Crippen molar-refractivity contribution in [3.8, 4) is 0 Å². The highest BCUT2D eigenvalue weighted by Gasteiger charge is 2.30. The number of piperidine rings is 1. The van der Waals surface area contributed by atoms with E-state index in [1.807, 2.05) is 0 Å². The molecule has 0 aromatic heterocycles. The number of rotatable bonds is 2. The molecule has 0 unspecified atom stereocenters. The first-order valence-electron chi connectivity index (χ1n) is 6.08. The Balaban J connectivity index is 1.80. The van der Waals surface area contributed by atoms with Crippen LogP contribution in [0.2, 0.25) is 0 Å². The van der Waals surface area contributed by atoms with E-state index in [9.17, 15) is 0 Å². The van der Waals surface area contributed by atoms with Crippen LogP contribution in [-0.2, 0) is 0 Å². The van der Waals surface area contributed by atoms with Gasteiger partial charge < -0.3 is 16.0 Å². The maximum absolute atomic E-state index is 6.43. The molecule has 2 fully saturated rings. The Kier molecular flexibility index (Phi) is 3.61. The molecule has 2 aliphatic rings. The van der Waals surface area contributed by atoms with Crippen LogP contribution >= 0.6 is 0 Å². The zero-order valence-corrected chi connectivity index (χ0v) is 9.84. The lowest BCUT2D eigenvalue weighted by atomic mass is 9.89. The van der Waals surface area contributed by atoms with Crippen LogP contribution in [0.15, 0.2) is 0 Å². The Morgan fingerprint density at radius 2 is 1.73 bits per heavy atom. The fourth-order valence-corrected chi connectivity index (χ4v) is 2.53. The number of likely N-dealkylation sites (N-methyl/N-ethyl adjacent to an activating group) is 1. The summed E-state index contributed by atoms with van der Waals surface area (Å²) in [6, 6.07) is 0. The third-order valence-electron chi connectivity index (χ3n) is 3.73. The van der Waals surface area contributed by atoms with Crippen LogP contribution in [0.4, 0.5) is 0 Å². The number of nitrogens with two attached hydrogens (primary N) is 1.